The van der Waals surface area contributed by atoms with E-state index in [-0.39, 0.29) is 36.0 Å². The first-order chi connectivity index (χ1) is 12.7. The average Bonchev–Trinajstić information content (AvgIpc) is 3.10. The molecule has 1 unspecified atom stereocenters. The maximum atomic E-state index is 11.7. The van der Waals surface area contributed by atoms with Crippen molar-refractivity contribution in [1.82, 2.24) is 16.0 Å². The van der Waals surface area contributed by atoms with Gasteiger partial charge in [-0.1, -0.05) is 30.3 Å². The summed E-state index contributed by atoms with van der Waals surface area (Å²) in [6, 6.07) is 15.6. The number of fused-ring (bicyclic) bond motifs is 1. The molecule has 1 heterocycles. The van der Waals surface area contributed by atoms with Crippen molar-refractivity contribution in [3.63, 3.8) is 0 Å². The van der Waals surface area contributed by atoms with Crippen LogP contribution in [-0.4, -0.2) is 38.6 Å². The van der Waals surface area contributed by atoms with Gasteiger partial charge in [-0.05, 0) is 29.3 Å². The van der Waals surface area contributed by atoms with E-state index in [0.717, 1.165) is 17.7 Å². The highest BCUT2D eigenvalue weighted by Crippen LogP contribution is 2.27. The molecule has 3 N–H and O–H groups in total. The summed E-state index contributed by atoms with van der Waals surface area (Å²) in [6.45, 7) is 1.25. The molecule has 7 heteroatoms. The van der Waals surface area contributed by atoms with Gasteiger partial charge in [0.25, 0.3) is 5.91 Å². The molecular weight excluding hydrogens is 455 g/mol. The SMILES string of the molecule is CN=C(NCc1cccc(C(=O)NC)c1)NCC1Cc2ccccc2O1.I. The largest absolute Gasteiger partial charge is 0.488 e. The minimum Gasteiger partial charge on any atom is -0.488 e. The highest BCUT2D eigenvalue weighted by atomic mass is 127. The lowest BCUT2D eigenvalue weighted by Gasteiger charge is -2.16. The van der Waals surface area contributed by atoms with E-state index in [4.69, 9.17) is 4.74 Å². The van der Waals surface area contributed by atoms with E-state index in [1.54, 1.807) is 20.2 Å². The quantitative estimate of drug-likeness (QED) is 0.349. The fourth-order valence-corrected chi connectivity index (χ4v) is 2.95. The van der Waals surface area contributed by atoms with Crippen molar-refractivity contribution in [3.05, 3.63) is 65.2 Å². The Morgan fingerprint density at radius 3 is 2.74 bits per heavy atom. The number of ether oxygens (including phenoxy) is 1. The predicted molar refractivity (Wildman–Crippen MR) is 118 cm³/mol. The van der Waals surface area contributed by atoms with Crippen LogP contribution in [0.5, 0.6) is 5.75 Å². The van der Waals surface area contributed by atoms with Crippen LogP contribution in [0.4, 0.5) is 0 Å². The summed E-state index contributed by atoms with van der Waals surface area (Å²) in [5.74, 6) is 1.58. The molecule has 0 saturated carbocycles. The fourth-order valence-electron chi connectivity index (χ4n) is 2.95. The van der Waals surface area contributed by atoms with Gasteiger partial charge in [0.1, 0.15) is 11.9 Å². The highest BCUT2D eigenvalue weighted by Gasteiger charge is 2.22. The Labute approximate surface area is 176 Å². The normalized spacial score (nSPS) is 15.2. The second kappa shape index (κ2) is 10.1. The first-order valence-corrected chi connectivity index (χ1v) is 8.69. The molecule has 1 amide bonds. The maximum Gasteiger partial charge on any atom is 0.251 e. The standard InChI is InChI=1S/C20H24N4O2.HI/c1-21-19(25)16-8-5-6-14(10-16)12-23-20(22-2)24-13-17-11-15-7-3-4-9-18(15)26-17;/h3-10,17H,11-13H2,1-2H3,(H,21,25)(H2,22,23,24);1H. The number of hydrogen-bond donors (Lipinski definition) is 3. The van der Waals surface area contributed by atoms with Crippen LogP contribution in [0, 0.1) is 0 Å². The van der Waals surface area contributed by atoms with E-state index >= 15 is 0 Å². The smallest absolute Gasteiger partial charge is 0.251 e. The van der Waals surface area contributed by atoms with Gasteiger partial charge < -0.3 is 20.7 Å². The van der Waals surface area contributed by atoms with Crippen LogP contribution in [0.15, 0.2) is 53.5 Å². The van der Waals surface area contributed by atoms with Crippen molar-refractivity contribution >= 4 is 35.8 Å². The molecule has 0 bridgehead atoms. The van der Waals surface area contributed by atoms with E-state index in [1.165, 1.54) is 5.56 Å². The van der Waals surface area contributed by atoms with Crippen LogP contribution in [0.1, 0.15) is 21.5 Å². The molecule has 0 saturated heterocycles. The zero-order valence-electron chi connectivity index (χ0n) is 15.5. The summed E-state index contributed by atoms with van der Waals surface area (Å²) in [5.41, 5.74) is 2.90. The summed E-state index contributed by atoms with van der Waals surface area (Å²) in [4.78, 5) is 16.0. The van der Waals surface area contributed by atoms with Crippen LogP contribution in [0.2, 0.25) is 0 Å². The third-order valence-corrected chi connectivity index (χ3v) is 4.31. The molecule has 2 aromatic carbocycles. The van der Waals surface area contributed by atoms with Gasteiger partial charge in [0, 0.05) is 32.6 Å². The van der Waals surface area contributed by atoms with Gasteiger partial charge in [-0.2, -0.15) is 0 Å². The fraction of sp³-hybridized carbons (Fsp3) is 0.300. The Morgan fingerprint density at radius 2 is 2.00 bits per heavy atom. The molecule has 144 valence electrons. The lowest BCUT2D eigenvalue weighted by Crippen LogP contribution is -2.41. The van der Waals surface area contributed by atoms with Gasteiger partial charge in [0.2, 0.25) is 0 Å². The van der Waals surface area contributed by atoms with Crippen molar-refractivity contribution in [2.24, 2.45) is 4.99 Å². The molecule has 0 aromatic heterocycles. The number of nitrogens with one attached hydrogen (secondary N) is 3. The van der Waals surface area contributed by atoms with Gasteiger partial charge in [0.15, 0.2) is 5.96 Å². The monoisotopic (exact) mass is 480 g/mol. The number of carbonyl (C=O) groups excluding carboxylic acids is 1. The number of carbonyl (C=O) groups is 1. The van der Waals surface area contributed by atoms with Crippen LogP contribution in [0.25, 0.3) is 0 Å². The topological polar surface area (TPSA) is 74.8 Å². The Kier molecular flexibility index (Phi) is 7.90. The van der Waals surface area contributed by atoms with Crippen LogP contribution >= 0.6 is 24.0 Å². The molecule has 2 aromatic rings. The van der Waals surface area contributed by atoms with E-state index in [0.29, 0.717) is 24.6 Å². The average molecular weight is 480 g/mol. The summed E-state index contributed by atoms with van der Waals surface area (Å²) in [5, 5.41) is 9.20. The lowest BCUT2D eigenvalue weighted by atomic mass is 10.1. The van der Waals surface area contributed by atoms with Crippen molar-refractivity contribution < 1.29 is 9.53 Å². The minimum absolute atomic E-state index is 0. The van der Waals surface area contributed by atoms with Crippen molar-refractivity contribution in [2.75, 3.05) is 20.6 Å². The van der Waals surface area contributed by atoms with Gasteiger partial charge in [-0.3, -0.25) is 9.79 Å². The molecule has 3 rings (SSSR count). The molecule has 1 atom stereocenters. The van der Waals surface area contributed by atoms with Gasteiger partial charge >= 0.3 is 0 Å². The van der Waals surface area contributed by atoms with E-state index in [9.17, 15) is 4.79 Å². The first-order valence-electron chi connectivity index (χ1n) is 8.69. The number of halogens is 1. The van der Waals surface area contributed by atoms with Crippen molar-refractivity contribution in [3.8, 4) is 5.75 Å². The number of amides is 1. The molecule has 1 aliphatic heterocycles. The van der Waals surface area contributed by atoms with E-state index < -0.39 is 0 Å². The molecule has 6 nitrogen and oxygen atoms in total. The first kappa shape index (κ1) is 21.0. The lowest BCUT2D eigenvalue weighted by molar-refractivity contribution is 0.0963. The zero-order valence-corrected chi connectivity index (χ0v) is 17.8. The summed E-state index contributed by atoms with van der Waals surface area (Å²) < 4.78 is 5.93. The number of para-hydroxylation sites is 1. The molecule has 27 heavy (non-hydrogen) atoms. The summed E-state index contributed by atoms with van der Waals surface area (Å²) in [7, 11) is 3.36. The summed E-state index contributed by atoms with van der Waals surface area (Å²) >= 11 is 0. The maximum absolute atomic E-state index is 11.7. The summed E-state index contributed by atoms with van der Waals surface area (Å²) in [6.07, 6.45) is 0.997. The number of hydrogen-bond acceptors (Lipinski definition) is 3. The van der Waals surface area contributed by atoms with Crippen molar-refractivity contribution in [1.29, 1.82) is 0 Å². The predicted octanol–water partition coefficient (Wildman–Crippen LogP) is 2.33. The second-order valence-electron chi connectivity index (χ2n) is 6.14. The third-order valence-electron chi connectivity index (χ3n) is 4.31. The van der Waals surface area contributed by atoms with E-state index in [2.05, 4.69) is 27.0 Å². The number of rotatable bonds is 5. The van der Waals surface area contributed by atoms with Crippen LogP contribution in [0.3, 0.4) is 0 Å². The second-order valence-corrected chi connectivity index (χ2v) is 6.14. The van der Waals surface area contributed by atoms with Crippen molar-refractivity contribution in [2.45, 2.75) is 19.1 Å². The molecule has 1 aliphatic rings. The molecule has 0 aliphatic carbocycles. The third kappa shape index (κ3) is 5.59. The number of guanidine groups is 1. The van der Waals surface area contributed by atoms with Crippen LogP contribution < -0.4 is 20.7 Å². The number of aliphatic imine (C=N–C) groups is 1. The molecule has 0 radical (unpaired) electrons. The van der Waals surface area contributed by atoms with Crippen LogP contribution in [-0.2, 0) is 13.0 Å². The Bertz CT molecular complexity index is 785. The highest BCUT2D eigenvalue weighted by molar-refractivity contribution is 14.0. The Hall–Kier alpha value is -2.29. The number of nitrogens with zero attached hydrogens (tertiary/aromatic N) is 1. The molecule has 0 spiro atoms. The number of benzene rings is 2. The van der Waals surface area contributed by atoms with Gasteiger partial charge in [0.05, 0.1) is 6.54 Å². The Morgan fingerprint density at radius 1 is 1.19 bits per heavy atom. The van der Waals surface area contributed by atoms with Gasteiger partial charge in [-0.25, -0.2) is 0 Å². The molecular formula is C20H25IN4O2. The van der Waals surface area contributed by atoms with Gasteiger partial charge in [-0.15, -0.1) is 24.0 Å². The minimum atomic E-state index is -0.0905. The molecule has 0 fully saturated rings. The van der Waals surface area contributed by atoms with E-state index in [1.807, 2.05) is 36.4 Å². The Balaban J connectivity index is 0.00000261. The zero-order chi connectivity index (χ0) is 18.4.